The van der Waals surface area contributed by atoms with Crippen molar-refractivity contribution in [2.45, 2.75) is 20.0 Å². The van der Waals surface area contributed by atoms with Crippen molar-refractivity contribution in [3.05, 3.63) is 53.6 Å². The van der Waals surface area contributed by atoms with Crippen LogP contribution in [0.4, 0.5) is 0 Å². The zero-order valence-electron chi connectivity index (χ0n) is 16.2. The predicted molar refractivity (Wildman–Crippen MR) is 120 cm³/mol. The molecule has 2 N–H and O–H groups in total. The maximum atomic E-state index is 5.65. The number of para-hydroxylation sites is 1. The first-order chi connectivity index (χ1) is 12.7. The summed E-state index contributed by atoms with van der Waals surface area (Å²) >= 11 is 0. The van der Waals surface area contributed by atoms with Crippen LogP contribution in [0.5, 0.6) is 17.2 Å². The summed E-state index contributed by atoms with van der Waals surface area (Å²) in [6.07, 6.45) is 0. The molecule has 0 aliphatic rings. The second kappa shape index (κ2) is 12.3. The van der Waals surface area contributed by atoms with Crippen molar-refractivity contribution in [3.8, 4) is 17.2 Å². The number of halogens is 1. The monoisotopic (exact) mass is 485 g/mol. The summed E-state index contributed by atoms with van der Waals surface area (Å²) in [5.41, 5.74) is 2.16. The van der Waals surface area contributed by atoms with Gasteiger partial charge >= 0.3 is 0 Å². The molecule has 0 heterocycles. The molecule has 0 radical (unpaired) electrons. The third-order valence-corrected chi connectivity index (χ3v) is 3.85. The van der Waals surface area contributed by atoms with Gasteiger partial charge in [-0.05, 0) is 30.7 Å². The van der Waals surface area contributed by atoms with Crippen molar-refractivity contribution in [2.24, 2.45) is 4.99 Å². The lowest BCUT2D eigenvalue weighted by Gasteiger charge is -2.15. The SMILES string of the molecule is CCOc1ccccc1CNC(=NC)NCc1ccc(OC)c(OC)c1.I. The topological polar surface area (TPSA) is 64.1 Å². The van der Waals surface area contributed by atoms with E-state index in [1.807, 2.05) is 49.4 Å². The van der Waals surface area contributed by atoms with E-state index in [0.29, 0.717) is 37.2 Å². The highest BCUT2D eigenvalue weighted by Crippen LogP contribution is 2.27. The Balaban J connectivity index is 0.00000364. The van der Waals surface area contributed by atoms with E-state index in [2.05, 4.69) is 15.6 Å². The van der Waals surface area contributed by atoms with Gasteiger partial charge in [0.25, 0.3) is 0 Å². The summed E-state index contributed by atoms with van der Waals surface area (Å²) in [7, 11) is 5.01. The van der Waals surface area contributed by atoms with E-state index in [9.17, 15) is 0 Å². The van der Waals surface area contributed by atoms with Crippen LogP contribution in [0.1, 0.15) is 18.1 Å². The lowest BCUT2D eigenvalue weighted by molar-refractivity contribution is 0.336. The number of aliphatic imine (C=N–C) groups is 1. The highest BCUT2D eigenvalue weighted by molar-refractivity contribution is 14.0. The molecule has 0 fully saturated rings. The standard InChI is InChI=1S/C20H27N3O3.HI/c1-5-26-17-9-7-6-8-16(17)14-23-20(21-2)22-13-15-10-11-18(24-3)19(12-15)25-4;/h6-12H,5,13-14H2,1-4H3,(H2,21,22,23);1H. The Kier molecular flexibility index (Phi) is 10.4. The second-order valence-electron chi connectivity index (χ2n) is 5.51. The molecule has 0 amide bonds. The normalized spacial score (nSPS) is 10.6. The van der Waals surface area contributed by atoms with Gasteiger partial charge in [-0.2, -0.15) is 0 Å². The third-order valence-electron chi connectivity index (χ3n) is 3.85. The Hall–Kier alpha value is -2.16. The van der Waals surface area contributed by atoms with Crippen molar-refractivity contribution in [1.29, 1.82) is 0 Å². The molecule has 2 aromatic carbocycles. The summed E-state index contributed by atoms with van der Waals surface area (Å²) in [6.45, 7) is 3.87. The number of benzene rings is 2. The molecule has 0 bridgehead atoms. The van der Waals surface area contributed by atoms with E-state index >= 15 is 0 Å². The molecule has 2 aromatic rings. The van der Waals surface area contributed by atoms with Gasteiger partial charge in [-0.25, -0.2) is 0 Å². The molecule has 0 aliphatic carbocycles. The van der Waals surface area contributed by atoms with Crippen LogP contribution in [-0.4, -0.2) is 33.8 Å². The van der Waals surface area contributed by atoms with Crippen LogP contribution < -0.4 is 24.8 Å². The highest BCUT2D eigenvalue weighted by atomic mass is 127. The summed E-state index contributed by atoms with van der Waals surface area (Å²) in [4.78, 5) is 4.27. The van der Waals surface area contributed by atoms with Gasteiger partial charge < -0.3 is 24.8 Å². The Morgan fingerprint density at radius 3 is 2.30 bits per heavy atom. The zero-order valence-corrected chi connectivity index (χ0v) is 18.6. The van der Waals surface area contributed by atoms with Gasteiger partial charge in [0.2, 0.25) is 0 Å². The largest absolute Gasteiger partial charge is 0.494 e. The predicted octanol–water partition coefficient (Wildman–Crippen LogP) is 3.59. The van der Waals surface area contributed by atoms with Gasteiger partial charge in [-0.3, -0.25) is 4.99 Å². The molecule has 7 heteroatoms. The van der Waals surface area contributed by atoms with Gasteiger partial charge in [0.05, 0.1) is 20.8 Å². The zero-order chi connectivity index (χ0) is 18.8. The molecule has 0 saturated heterocycles. The van der Waals surface area contributed by atoms with Gasteiger partial charge in [0.1, 0.15) is 5.75 Å². The Bertz CT molecular complexity index is 738. The number of ether oxygens (including phenoxy) is 3. The molecule has 148 valence electrons. The fourth-order valence-corrected chi connectivity index (χ4v) is 2.52. The van der Waals surface area contributed by atoms with Crippen LogP contribution in [0, 0.1) is 0 Å². The van der Waals surface area contributed by atoms with Gasteiger partial charge in [-0.15, -0.1) is 24.0 Å². The minimum atomic E-state index is 0. The smallest absolute Gasteiger partial charge is 0.191 e. The fourth-order valence-electron chi connectivity index (χ4n) is 2.52. The van der Waals surface area contributed by atoms with E-state index in [-0.39, 0.29) is 24.0 Å². The van der Waals surface area contributed by atoms with Crippen LogP contribution in [0.25, 0.3) is 0 Å². The number of nitrogens with zero attached hydrogens (tertiary/aromatic N) is 1. The van der Waals surface area contributed by atoms with Gasteiger partial charge in [0, 0.05) is 25.7 Å². The van der Waals surface area contributed by atoms with Gasteiger partial charge in [-0.1, -0.05) is 24.3 Å². The number of hydrogen-bond acceptors (Lipinski definition) is 4. The molecule has 0 saturated carbocycles. The first-order valence-corrected chi connectivity index (χ1v) is 8.58. The molecular formula is C20H28IN3O3. The molecule has 0 aromatic heterocycles. The molecule has 6 nitrogen and oxygen atoms in total. The number of rotatable bonds is 8. The lowest BCUT2D eigenvalue weighted by Crippen LogP contribution is -2.36. The second-order valence-corrected chi connectivity index (χ2v) is 5.51. The van der Waals surface area contributed by atoms with E-state index in [1.165, 1.54) is 0 Å². The lowest BCUT2D eigenvalue weighted by atomic mass is 10.2. The van der Waals surface area contributed by atoms with Crippen molar-refractivity contribution >= 4 is 29.9 Å². The molecule has 0 unspecified atom stereocenters. The Labute approximate surface area is 178 Å². The molecule has 0 aliphatic heterocycles. The van der Waals surface area contributed by atoms with Crippen molar-refractivity contribution < 1.29 is 14.2 Å². The quantitative estimate of drug-likeness (QED) is 0.340. The summed E-state index contributed by atoms with van der Waals surface area (Å²) in [5.74, 6) is 3.02. The fraction of sp³-hybridized carbons (Fsp3) is 0.350. The minimum Gasteiger partial charge on any atom is -0.494 e. The maximum Gasteiger partial charge on any atom is 0.191 e. The van der Waals surface area contributed by atoms with Crippen LogP contribution in [0.3, 0.4) is 0 Å². The number of methoxy groups -OCH3 is 2. The Morgan fingerprint density at radius 2 is 1.63 bits per heavy atom. The van der Waals surface area contributed by atoms with Crippen LogP contribution in [-0.2, 0) is 13.1 Å². The average Bonchev–Trinajstić information content (AvgIpc) is 2.69. The summed E-state index contributed by atoms with van der Waals surface area (Å²) in [5, 5.41) is 6.61. The van der Waals surface area contributed by atoms with Crippen molar-refractivity contribution in [1.82, 2.24) is 10.6 Å². The first-order valence-electron chi connectivity index (χ1n) is 8.58. The molecule has 0 atom stereocenters. The molecule has 0 spiro atoms. The van der Waals surface area contributed by atoms with E-state index in [1.54, 1.807) is 21.3 Å². The average molecular weight is 485 g/mol. The van der Waals surface area contributed by atoms with E-state index < -0.39 is 0 Å². The molecule has 2 rings (SSSR count). The van der Waals surface area contributed by atoms with Crippen LogP contribution in [0.15, 0.2) is 47.5 Å². The van der Waals surface area contributed by atoms with Crippen LogP contribution >= 0.6 is 24.0 Å². The third kappa shape index (κ3) is 6.82. The minimum absolute atomic E-state index is 0. The molecular weight excluding hydrogens is 457 g/mol. The summed E-state index contributed by atoms with van der Waals surface area (Å²) < 4.78 is 16.3. The Morgan fingerprint density at radius 1 is 0.926 bits per heavy atom. The van der Waals surface area contributed by atoms with E-state index in [4.69, 9.17) is 14.2 Å². The highest BCUT2D eigenvalue weighted by Gasteiger charge is 2.06. The maximum absolute atomic E-state index is 5.65. The number of nitrogens with one attached hydrogen (secondary N) is 2. The van der Waals surface area contributed by atoms with Gasteiger partial charge in [0.15, 0.2) is 17.5 Å². The number of hydrogen-bond donors (Lipinski definition) is 2. The van der Waals surface area contributed by atoms with Crippen molar-refractivity contribution in [3.63, 3.8) is 0 Å². The first kappa shape index (κ1) is 22.9. The van der Waals surface area contributed by atoms with E-state index in [0.717, 1.165) is 16.9 Å². The molecule has 27 heavy (non-hydrogen) atoms. The number of guanidine groups is 1. The van der Waals surface area contributed by atoms with Crippen LogP contribution in [0.2, 0.25) is 0 Å². The summed E-state index contributed by atoms with van der Waals surface area (Å²) in [6, 6.07) is 13.8. The van der Waals surface area contributed by atoms with Crippen molar-refractivity contribution in [2.75, 3.05) is 27.9 Å².